The maximum atomic E-state index is 9.14. The van der Waals surface area contributed by atoms with Crippen molar-refractivity contribution in [2.24, 2.45) is 0 Å². The third kappa shape index (κ3) is 1.63. The van der Waals surface area contributed by atoms with E-state index in [0.717, 1.165) is 16.5 Å². The second-order valence-electron chi connectivity index (χ2n) is 4.04. The summed E-state index contributed by atoms with van der Waals surface area (Å²) in [6.45, 7) is 0. The van der Waals surface area contributed by atoms with E-state index in [4.69, 9.17) is 5.26 Å². The van der Waals surface area contributed by atoms with Gasteiger partial charge in [-0.15, -0.1) is 0 Å². The zero-order chi connectivity index (χ0) is 12.4. The van der Waals surface area contributed by atoms with Gasteiger partial charge in [0, 0.05) is 11.8 Å². The number of nitrogens with zero attached hydrogens (tertiary/aromatic N) is 2. The molecule has 0 aliphatic heterocycles. The third-order valence-corrected chi connectivity index (χ3v) is 2.99. The maximum Gasteiger partial charge on any atom is 0.148 e. The van der Waals surface area contributed by atoms with Crippen LogP contribution in [0.3, 0.4) is 0 Å². The van der Waals surface area contributed by atoms with Crippen molar-refractivity contribution in [1.82, 2.24) is 4.98 Å². The highest BCUT2D eigenvalue weighted by atomic mass is 14.7. The molecule has 0 unspecified atom stereocenters. The Labute approximate surface area is 105 Å². The average Bonchev–Trinajstić information content (AvgIpc) is 2.46. The van der Waals surface area contributed by atoms with Crippen LogP contribution >= 0.6 is 0 Å². The van der Waals surface area contributed by atoms with Gasteiger partial charge in [-0.3, -0.25) is 0 Å². The first-order valence-electron chi connectivity index (χ1n) is 5.73. The minimum atomic E-state index is 0.467. The van der Waals surface area contributed by atoms with E-state index in [2.05, 4.69) is 29.3 Å². The molecule has 0 aliphatic rings. The fraction of sp³-hybridized carbons (Fsp3) is 0. The van der Waals surface area contributed by atoms with E-state index in [1.54, 1.807) is 6.20 Å². The molecule has 3 rings (SSSR count). The Hall–Kier alpha value is -2.66. The Bertz CT molecular complexity index is 749. The molecule has 1 heterocycles. The van der Waals surface area contributed by atoms with Crippen LogP contribution in [0.2, 0.25) is 0 Å². The van der Waals surface area contributed by atoms with Crippen molar-refractivity contribution in [2.45, 2.75) is 0 Å². The highest BCUT2D eigenvalue weighted by Crippen LogP contribution is 2.29. The molecule has 1 aromatic heterocycles. The van der Waals surface area contributed by atoms with Crippen LogP contribution < -0.4 is 0 Å². The molecule has 2 heteroatoms. The van der Waals surface area contributed by atoms with Crippen LogP contribution in [0.25, 0.3) is 21.9 Å². The minimum Gasteiger partial charge on any atom is -0.245 e. The molecule has 3 aromatic rings. The first kappa shape index (κ1) is 10.5. The fourth-order valence-electron chi connectivity index (χ4n) is 2.17. The largest absolute Gasteiger partial charge is 0.245 e. The first-order chi connectivity index (χ1) is 8.90. The summed E-state index contributed by atoms with van der Waals surface area (Å²) < 4.78 is 0. The second kappa shape index (κ2) is 4.31. The van der Waals surface area contributed by atoms with E-state index in [0.29, 0.717) is 5.69 Å². The average molecular weight is 230 g/mol. The molecule has 84 valence electrons. The molecule has 2 aromatic carbocycles. The molecule has 2 nitrogen and oxygen atoms in total. The van der Waals surface area contributed by atoms with Crippen LogP contribution in [0, 0.1) is 11.3 Å². The lowest BCUT2D eigenvalue weighted by Crippen LogP contribution is -1.88. The van der Waals surface area contributed by atoms with E-state index in [1.165, 1.54) is 5.39 Å². The van der Waals surface area contributed by atoms with Crippen LogP contribution in [-0.2, 0) is 0 Å². The molecule has 0 radical (unpaired) electrons. The predicted molar refractivity (Wildman–Crippen MR) is 71.9 cm³/mol. The van der Waals surface area contributed by atoms with Crippen molar-refractivity contribution in [1.29, 1.82) is 5.26 Å². The number of aromatic nitrogens is 1. The zero-order valence-corrected chi connectivity index (χ0v) is 9.67. The van der Waals surface area contributed by atoms with Gasteiger partial charge in [0.25, 0.3) is 0 Å². The smallest absolute Gasteiger partial charge is 0.148 e. The van der Waals surface area contributed by atoms with Gasteiger partial charge in [-0.25, -0.2) is 4.98 Å². The zero-order valence-electron chi connectivity index (χ0n) is 9.67. The molecule has 0 N–H and O–H groups in total. The van der Waals surface area contributed by atoms with Gasteiger partial charge >= 0.3 is 0 Å². The van der Waals surface area contributed by atoms with Crippen molar-refractivity contribution >= 4 is 10.8 Å². The lowest BCUT2D eigenvalue weighted by Gasteiger charge is -2.07. The van der Waals surface area contributed by atoms with Gasteiger partial charge in [-0.2, -0.15) is 5.26 Å². The van der Waals surface area contributed by atoms with Crippen molar-refractivity contribution in [3.05, 3.63) is 66.5 Å². The van der Waals surface area contributed by atoms with Gasteiger partial charge in [0.05, 0.1) is 0 Å². The highest BCUT2D eigenvalue weighted by Gasteiger charge is 2.08. The molecule has 0 aliphatic carbocycles. The Morgan fingerprint density at radius 2 is 1.61 bits per heavy atom. The lowest BCUT2D eigenvalue weighted by molar-refractivity contribution is 1.27. The van der Waals surface area contributed by atoms with Crippen molar-refractivity contribution in [3.63, 3.8) is 0 Å². The van der Waals surface area contributed by atoms with E-state index in [-0.39, 0.29) is 0 Å². The SMILES string of the molecule is N#Cc1ncccc1-c1cccc2ccccc12. The van der Waals surface area contributed by atoms with Crippen LogP contribution in [0.5, 0.6) is 0 Å². The summed E-state index contributed by atoms with van der Waals surface area (Å²) >= 11 is 0. The summed E-state index contributed by atoms with van der Waals surface area (Å²) in [5.41, 5.74) is 2.41. The Balaban J connectivity index is 2.36. The molecular formula is C16H10N2. The van der Waals surface area contributed by atoms with Crippen molar-refractivity contribution in [3.8, 4) is 17.2 Å². The quantitative estimate of drug-likeness (QED) is 0.638. The van der Waals surface area contributed by atoms with E-state index in [9.17, 15) is 0 Å². The molecular weight excluding hydrogens is 220 g/mol. The predicted octanol–water partition coefficient (Wildman–Crippen LogP) is 3.77. The number of fused-ring (bicyclic) bond motifs is 1. The molecule has 0 spiro atoms. The summed E-state index contributed by atoms with van der Waals surface area (Å²) in [5, 5.41) is 11.5. The summed E-state index contributed by atoms with van der Waals surface area (Å²) in [6.07, 6.45) is 1.65. The van der Waals surface area contributed by atoms with Crippen LogP contribution in [0.15, 0.2) is 60.8 Å². The number of pyridine rings is 1. The lowest BCUT2D eigenvalue weighted by atomic mass is 9.97. The topological polar surface area (TPSA) is 36.7 Å². The van der Waals surface area contributed by atoms with Crippen molar-refractivity contribution in [2.75, 3.05) is 0 Å². The maximum absolute atomic E-state index is 9.14. The standard InChI is InChI=1S/C16H10N2/c17-11-16-15(9-4-10-18-16)14-8-3-6-12-5-1-2-7-13(12)14/h1-10H. The van der Waals surface area contributed by atoms with Gasteiger partial charge in [0.15, 0.2) is 0 Å². The summed E-state index contributed by atoms with van der Waals surface area (Å²) in [7, 11) is 0. The van der Waals surface area contributed by atoms with E-state index >= 15 is 0 Å². The van der Waals surface area contributed by atoms with E-state index < -0.39 is 0 Å². The third-order valence-electron chi connectivity index (χ3n) is 2.99. The highest BCUT2D eigenvalue weighted by molar-refractivity contribution is 5.97. The van der Waals surface area contributed by atoms with Gasteiger partial charge in [0.1, 0.15) is 11.8 Å². The molecule has 0 bridgehead atoms. The molecule has 0 saturated carbocycles. The Morgan fingerprint density at radius 3 is 2.50 bits per heavy atom. The molecule has 0 fully saturated rings. The van der Waals surface area contributed by atoms with Crippen molar-refractivity contribution < 1.29 is 0 Å². The number of benzene rings is 2. The first-order valence-corrected chi connectivity index (χ1v) is 5.73. The number of hydrogen-bond acceptors (Lipinski definition) is 2. The summed E-state index contributed by atoms with van der Waals surface area (Å²) in [6, 6.07) is 20.2. The minimum absolute atomic E-state index is 0.467. The molecule has 0 saturated heterocycles. The van der Waals surface area contributed by atoms with E-state index in [1.807, 2.05) is 36.4 Å². The van der Waals surface area contributed by atoms with Gasteiger partial charge in [0.2, 0.25) is 0 Å². The Kier molecular flexibility index (Phi) is 2.51. The monoisotopic (exact) mass is 230 g/mol. The van der Waals surface area contributed by atoms with Gasteiger partial charge < -0.3 is 0 Å². The Morgan fingerprint density at radius 1 is 0.833 bits per heavy atom. The van der Waals surface area contributed by atoms with Crippen LogP contribution in [0.1, 0.15) is 5.69 Å². The molecule has 0 atom stereocenters. The van der Waals surface area contributed by atoms with Gasteiger partial charge in [-0.1, -0.05) is 42.5 Å². The second-order valence-corrected chi connectivity index (χ2v) is 4.04. The number of nitriles is 1. The summed E-state index contributed by atoms with van der Waals surface area (Å²) in [5.74, 6) is 0. The molecule has 18 heavy (non-hydrogen) atoms. The van der Waals surface area contributed by atoms with Crippen LogP contribution in [-0.4, -0.2) is 4.98 Å². The number of rotatable bonds is 1. The number of hydrogen-bond donors (Lipinski definition) is 0. The summed E-state index contributed by atoms with van der Waals surface area (Å²) in [4.78, 5) is 4.12. The fourth-order valence-corrected chi connectivity index (χ4v) is 2.17. The molecule has 0 amide bonds. The normalized spacial score (nSPS) is 10.2. The van der Waals surface area contributed by atoms with Crippen LogP contribution in [0.4, 0.5) is 0 Å². The van der Waals surface area contributed by atoms with Gasteiger partial charge in [-0.05, 0) is 28.5 Å².